The normalized spacial score (nSPS) is 20.4. The van der Waals surface area contributed by atoms with E-state index in [4.69, 9.17) is 4.52 Å². The first-order valence-electron chi connectivity index (χ1n) is 8.29. The lowest BCUT2D eigenvalue weighted by atomic mass is 10.0. The van der Waals surface area contributed by atoms with E-state index in [2.05, 4.69) is 32.8 Å². The molecule has 25 heavy (non-hydrogen) atoms. The largest absolute Gasteiger partial charge is 0.361 e. The highest BCUT2D eigenvalue weighted by Gasteiger charge is 2.38. The molecule has 2 heterocycles. The van der Waals surface area contributed by atoms with Gasteiger partial charge in [-0.3, -0.25) is 14.5 Å². The summed E-state index contributed by atoms with van der Waals surface area (Å²) < 4.78 is 4.95. The topological polar surface area (TPSA) is 87.5 Å². The number of hydrogen-bond acceptors (Lipinski definition) is 5. The Hall–Kier alpha value is -2.67. The molecule has 2 atom stereocenters. The fourth-order valence-electron chi connectivity index (χ4n) is 3.17. The number of aromatic nitrogens is 1. The van der Waals surface area contributed by atoms with Gasteiger partial charge in [-0.15, -0.1) is 0 Å². The van der Waals surface area contributed by atoms with Crippen LogP contribution in [0, 0.1) is 12.8 Å². The van der Waals surface area contributed by atoms with Crippen LogP contribution in [-0.2, 0) is 11.3 Å². The summed E-state index contributed by atoms with van der Waals surface area (Å²) in [6.07, 6.45) is 0. The van der Waals surface area contributed by atoms with Gasteiger partial charge in [-0.25, -0.2) is 0 Å². The quantitative estimate of drug-likeness (QED) is 0.845. The number of nitrogens with zero attached hydrogens (tertiary/aromatic N) is 2. The molecule has 0 unspecified atom stereocenters. The molecule has 2 amide bonds. The van der Waals surface area contributed by atoms with Crippen LogP contribution in [0.1, 0.15) is 21.8 Å². The van der Waals surface area contributed by atoms with Crippen LogP contribution in [0.4, 0.5) is 0 Å². The molecule has 2 N–H and O–H groups in total. The van der Waals surface area contributed by atoms with Crippen LogP contribution >= 0.6 is 0 Å². The molecule has 0 saturated carbocycles. The van der Waals surface area contributed by atoms with E-state index in [1.807, 2.05) is 18.2 Å². The van der Waals surface area contributed by atoms with Gasteiger partial charge in [0.05, 0.1) is 12.0 Å². The van der Waals surface area contributed by atoms with E-state index in [1.54, 1.807) is 20.0 Å². The van der Waals surface area contributed by atoms with Crippen LogP contribution in [0.5, 0.6) is 0 Å². The highest BCUT2D eigenvalue weighted by Crippen LogP contribution is 2.20. The van der Waals surface area contributed by atoms with E-state index in [-0.39, 0.29) is 29.5 Å². The Balaban J connectivity index is 1.69. The summed E-state index contributed by atoms with van der Waals surface area (Å²) in [5.74, 6) is -0.120. The number of rotatable bonds is 5. The molecule has 0 aliphatic carbocycles. The van der Waals surface area contributed by atoms with Gasteiger partial charge >= 0.3 is 0 Å². The molecule has 0 spiro atoms. The van der Waals surface area contributed by atoms with E-state index in [1.165, 1.54) is 5.56 Å². The molecule has 132 valence electrons. The van der Waals surface area contributed by atoms with Crippen molar-refractivity contribution in [2.24, 2.45) is 5.92 Å². The number of likely N-dealkylation sites (tertiary alicyclic amines) is 1. The summed E-state index contributed by atoms with van der Waals surface area (Å²) in [5.41, 5.74) is 1.41. The van der Waals surface area contributed by atoms with Gasteiger partial charge in [0, 0.05) is 32.7 Å². The summed E-state index contributed by atoms with van der Waals surface area (Å²) >= 11 is 0. The van der Waals surface area contributed by atoms with E-state index >= 15 is 0 Å². The maximum atomic E-state index is 12.4. The molecule has 1 aromatic heterocycles. The van der Waals surface area contributed by atoms with Gasteiger partial charge in [0.15, 0.2) is 5.69 Å². The van der Waals surface area contributed by atoms with Gasteiger partial charge in [-0.05, 0) is 12.5 Å². The summed E-state index contributed by atoms with van der Waals surface area (Å²) in [5, 5.41) is 9.35. The predicted molar refractivity (Wildman–Crippen MR) is 91.8 cm³/mol. The van der Waals surface area contributed by atoms with E-state index in [0.717, 1.165) is 6.54 Å². The molecule has 1 fully saturated rings. The van der Waals surface area contributed by atoms with Crippen molar-refractivity contribution in [1.29, 1.82) is 0 Å². The van der Waals surface area contributed by atoms with Gasteiger partial charge in [0.2, 0.25) is 5.91 Å². The summed E-state index contributed by atoms with van der Waals surface area (Å²) in [4.78, 5) is 26.7. The molecule has 1 saturated heterocycles. The van der Waals surface area contributed by atoms with Gasteiger partial charge in [-0.2, -0.15) is 0 Å². The number of amides is 2. The molecule has 7 nitrogen and oxygen atoms in total. The van der Waals surface area contributed by atoms with Crippen molar-refractivity contribution in [3.05, 3.63) is 53.4 Å². The van der Waals surface area contributed by atoms with Crippen molar-refractivity contribution in [3.8, 4) is 0 Å². The average molecular weight is 342 g/mol. The second-order valence-corrected chi connectivity index (χ2v) is 6.30. The SMILES string of the molecule is CNC(=O)[C@H]1CN(Cc2ccccc2)C[C@@H]1NC(=O)c1cc(C)on1. The Morgan fingerprint density at radius 1 is 1.28 bits per heavy atom. The highest BCUT2D eigenvalue weighted by molar-refractivity contribution is 5.93. The second-order valence-electron chi connectivity index (χ2n) is 6.30. The van der Waals surface area contributed by atoms with Gasteiger partial charge in [0.25, 0.3) is 5.91 Å². The first-order valence-corrected chi connectivity index (χ1v) is 8.29. The van der Waals surface area contributed by atoms with Gasteiger partial charge in [-0.1, -0.05) is 35.5 Å². The smallest absolute Gasteiger partial charge is 0.273 e. The number of carbonyl (C=O) groups excluding carboxylic acids is 2. The number of carbonyl (C=O) groups is 2. The number of aryl methyl sites for hydroxylation is 1. The zero-order chi connectivity index (χ0) is 17.8. The van der Waals surface area contributed by atoms with Gasteiger partial charge in [0.1, 0.15) is 5.76 Å². The van der Waals surface area contributed by atoms with Crippen LogP contribution < -0.4 is 10.6 Å². The van der Waals surface area contributed by atoms with Crippen molar-refractivity contribution in [1.82, 2.24) is 20.7 Å². The summed E-state index contributed by atoms with van der Waals surface area (Å²) in [6, 6.07) is 11.4. The van der Waals surface area contributed by atoms with Crippen molar-refractivity contribution in [2.45, 2.75) is 19.5 Å². The van der Waals surface area contributed by atoms with Crippen LogP contribution in [0.25, 0.3) is 0 Å². The molecule has 1 aliphatic heterocycles. The maximum absolute atomic E-state index is 12.4. The molecule has 3 rings (SSSR count). The lowest BCUT2D eigenvalue weighted by Gasteiger charge is -2.17. The molecule has 1 aliphatic rings. The standard InChI is InChI=1S/C18H22N4O3/c1-12-8-15(21-25-12)18(24)20-16-11-22(10-14(16)17(23)19-2)9-13-6-4-3-5-7-13/h3-8,14,16H,9-11H2,1-2H3,(H,19,23)(H,20,24)/t14-,16-/m0/s1. The fourth-order valence-corrected chi connectivity index (χ4v) is 3.17. The van der Waals surface area contributed by atoms with Crippen molar-refractivity contribution in [3.63, 3.8) is 0 Å². The highest BCUT2D eigenvalue weighted by atomic mass is 16.5. The van der Waals surface area contributed by atoms with E-state index in [9.17, 15) is 9.59 Å². The van der Waals surface area contributed by atoms with Crippen molar-refractivity contribution >= 4 is 11.8 Å². The van der Waals surface area contributed by atoms with E-state index < -0.39 is 0 Å². The zero-order valence-electron chi connectivity index (χ0n) is 14.4. The molecule has 2 aromatic rings. The third kappa shape index (κ3) is 4.06. The molecule has 0 bridgehead atoms. The average Bonchev–Trinajstić information content (AvgIpc) is 3.21. The third-order valence-corrected chi connectivity index (χ3v) is 4.40. The first kappa shape index (κ1) is 17.2. The number of nitrogens with one attached hydrogen (secondary N) is 2. The van der Waals surface area contributed by atoms with E-state index in [0.29, 0.717) is 18.8 Å². The Kier molecular flexibility index (Phi) is 5.14. The Bertz CT molecular complexity index is 744. The summed E-state index contributed by atoms with van der Waals surface area (Å²) in [6.45, 7) is 3.67. The second kappa shape index (κ2) is 7.48. The van der Waals surface area contributed by atoms with Crippen LogP contribution in [-0.4, -0.2) is 48.0 Å². The first-order chi connectivity index (χ1) is 12.1. The molecular formula is C18H22N4O3. The van der Waals surface area contributed by atoms with Crippen molar-refractivity contribution in [2.75, 3.05) is 20.1 Å². The van der Waals surface area contributed by atoms with Crippen LogP contribution in [0.2, 0.25) is 0 Å². The van der Waals surface area contributed by atoms with Crippen LogP contribution in [0.15, 0.2) is 40.9 Å². The Morgan fingerprint density at radius 3 is 2.68 bits per heavy atom. The third-order valence-electron chi connectivity index (χ3n) is 4.40. The maximum Gasteiger partial charge on any atom is 0.273 e. The Labute approximate surface area is 146 Å². The molecule has 1 aromatic carbocycles. The minimum atomic E-state index is -0.322. The monoisotopic (exact) mass is 342 g/mol. The number of benzene rings is 1. The van der Waals surface area contributed by atoms with Gasteiger partial charge < -0.3 is 15.2 Å². The predicted octanol–water partition coefficient (Wildman–Crippen LogP) is 0.959. The zero-order valence-corrected chi connectivity index (χ0v) is 14.4. The van der Waals surface area contributed by atoms with Crippen LogP contribution in [0.3, 0.4) is 0 Å². The minimum Gasteiger partial charge on any atom is -0.361 e. The molecule has 0 radical (unpaired) electrons. The fraction of sp³-hybridized carbons (Fsp3) is 0.389. The molecule has 7 heteroatoms. The molecular weight excluding hydrogens is 320 g/mol. The number of hydrogen-bond donors (Lipinski definition) is 2. The minimum absolute atomic E-state index is 0.0720. The Morgan fingerprint density at radius 2 is 2.04 bits per heavy atom. The lowest BCUT2D eigenvalue weighted by Crippen LogP contribution is -2.45. The summed E-state index contributed by atoms with van der Waals surface area (Å²) in [7, 11) is 1.61. The lowest BCUT2D eigenvalue weighted by molar-refractivity contribution is -0.124. The van der Waals surface area contributed by atoms with Crippen molar-refractivity contribution < 1.29 is 14.1 Å².